The molecule has 63 heavy (non-hydrogen) atoms. The summed E-state index contributed by atoms with van der Waals surface area (Å²) in [5, 5.41) is 14.4. The smallest absolute Gasteiger partial charge is 0.407 e. The molecule has 1 aliphatic carbocycles. The summed E-state index contributed by atoms with van der Waals surface area (Å²) in [5.74, 6) is 0.879. The van der Waals surface area contributed by atoms with Crippen molar-refractivity contribution in [2.24, 2.45) is 5.92 Å². The van der Waals surface area contributed by atoms with Crippen LogP contribution in [-0.4, -0.2) is 190 Å². The third-order valence-corrected chi connectivity index (χ3v) is 13.2. The number of unbranched alkanes of at least 4 members (excludes halogenated alkanes) is 1. The number of hydrogen-bond donors (Lipinski definition) is 5. The summed E-state index contributed by atoms with van der Waals surface area (Å²) in [6, 6.07) is 0.361. The number of carbonyl (C=O) groups is 4. The Kier molecular flexibility index (Phi) is 21.6. The van der Waals surface area contributed by atoms with Crippen molar-refractivity contribution in [2.45, 2.75) is 106 Å². The summed E-state index contributed by atoms with van der Waals surface area (Å²) in [4.78, 5) is 48.0. The van der Waals surface area contributed by atoms with Crippen molar-refractivity contribution in [2.75, 3.05) is 118 Å². The first-order chi connectivity index (χ1) is 30.5. The third kappa shape index (κ3) is 17.0. The Bertz CT molecular complexity index is 1460. The zero-order valence-electron chi connectivity index (χ0n) is 37.4. The van der Waals surface area contributed by atoms with Crippen LogP contribution in [0.4, 0.5) is 19.2 Å². The van der Waals surface area contributed by atoms with Crippen molar-refractivity contribution in [3.05, 3.63) is 11.6 Å². The van der Waals surface area contributed by atoms with Gasteiger partial charge in [-0.2, -0.15) is 11.8 Å². The van der Waals surface area contributed by atoms with E-state index in [9.17, 15) is 19.2 Å². The van der Waals surface area contributed by atoms with Crippen LogP contribution in [0, 0.1) is 5.92 Å². The number of rotatable bonds is 31. The molecule has 1 saturated carbocycles. The van der Waals surface area contributed by atoms with Crippen LogP contribution in [0.5, 0.6) is 0 Å². The Labute approximate surface area is 375 Å². The number of fused-ring (bicyclic) bond motifs is 1. The highest BCUT2D eigenvalue weighted by molar-refractivity contribution is 8.00. The van der Waals surface area contributed by atoms with Crippen LogP contribution in [0.25, 0.3) is 0 Å². The number of ether oxygens (including phenoxy) is 11. The number of allylic oxidation sites excluding steroid dienone is 1. The number of hydrogen-bond acceptors (Lipinski definition) is 16. The zero-order chi connectivity index (χ0) is 44.9. The first kappa shape index (κ1) is 50.8. The van der Waals surface area contributed by atoms with Gasteiger partial charge in [-0.3, -0.25) is 0 Å². The minimum absolute atomic E-state index is 0.0634. The molecule has 0 aromatic heterocycles. The molecule has 0 bridgehead atoms. The fourth-order valence-corrected chi connectivity index (χ4v) is 9.90. The molecule has 5 amide bonds. The molecule has 5 N–H and O–H groups in total. The largest absolute Gasteiger partial charge is 0.447 e. The second kappa shape index (κ2) is 26.7. The zero-order valence-corrected chi connectivity index (χ0v) is 38.2. The Balaban J connectivity index is 0.732. The number of nitrogens with one attached hydrogen (secondary N) is 5. The minimum Gasteiger partial charge on any atom is -0.447 e. The Morgan fingerprint density at radius 1 is 0.794 bits per heavy atom. The molecule has 0 radical (unpaired) electrons. The molecule has 5 fully saturated rings. The molecule has 0 aromatic carbocycles. The van der Waals surface area contributed by atoms with Crippen molar-refractivity contribution >= 4 is 36.1 Å². The molecule has 0 aromatic rings. The average Bonchev–Trinajstić information content (AvgIpc) is 4.08. The van der Waals surface area contributed by atoms with Crippen molar-refractivity contribution in [1.82, 2.24) is 26.6 Å². The highest BCUT2D eigenvalue weighted by Crippen LogP contribution is 2.59. The monoisotopic (exact) mass is 917 g/mol. The lowest BCUT2D eigenvalue weighted by Gasteiger charge is -2.42. The summed E-state index contributed by atoms with van der Waals surface area (Å²) >= 11 is 1.89. The first-order valence-corrected chi connectivity index (χ1v) is 23.4. The normalized spacial score (nSPS) is 29.0. The van der Waals surface area contributed by atoms with Crippen LogP contribution < -0.4 is 26.6 Å². The molecule has 4 aliphatic heterocycles. The molecular formula is C42H71N5O15S. The summed E-state index contributed by atoms with van der Waals surface area (Å²) in [6.07, 6.45) is 4.76. The molecule has 1 spiro atoms. The van der Waals surface area contributed by atoms with Gasteiger partial charge in [0.2, 0.25) is 0 Å². The van der Waals surface area contributed by atoms with Gasteiger partial charge >= 0.3 is 24.3 Å². The van der Waals surface area contributed by atoms with E-state index in [0.29, 0.717) is 77.7 Å². The lowest BCUT2D eigenvalue weighted by Crippen LogP contribution is -2.56. The number of methoxy groups -OCH3 is 1. The van der Waals surface area contributed by atoms with Crippen molar-refractivity contribution in [1.29, 1.82) is 0 Å². The van der Waals surface area contributed by atoms with E-state index >= 15 is 0 Å². The Hall–Kier alpha value is -3.15. The summed E-state index contributed by atoms with van der Waals surface area (Å²) < 4.78 is 61.5. The van der Waals surface area contributed by atoms with E-state index in [-0.39, 0.29) is 81.4 Å². The van der Waals surface area contributed by atoms with E-state index in [4.69, 9.17) is 52.1 Å². The van der Waals surface area contributed by atoms with Crippen LogP contribution in [0.2, 0.25) is 0 Å². The molecule has 20 nitrogen and oxygen atoms in total. The van der Waals surface area contributed by atoms with Gasteiger partial charge in [0.15, 0.2) is 0 Å². The van der Waals surface area contributed by atoms with Gasteiger partial charge in [0.25, 0.3) is 0 Å². The fraction of sp³-hybridized carbons (Fsp3) is 0.857. The van der Waals surface area contributed by atoms with Crippen LogP contribution in [0.3, 0.4) is 0 Å². The summed E-state index contributed by atoms with van der Waals surface area (Å²) in [6.45, 7) is 11.6. The minimum atomic E-state index is -0.619. The van der Waals surface area contributed by atoms with Gasteiger partial charge in [0, 0.05) is 37.7 Å². The van der Waals surface area contributed by atoms with Gasteiger partial charge in [-0.1, -0.05) is 18.1 Å². The highest BCUT2D eigenvalue weighted by atomic mass is 32.2. The Morgan fingerprint density at radius 2 is 1.35 bits per heavy atom. The molecule has 5 aliphatic rings. The molecular weight excluding hydrogens is 847 g/mol. The number of carbonyl (C=O) groups excluding carboxylic acids is 4. The van der Waals surface area contributed by atoms with Gasteiger partial charge in [-0.05, 0) is 52.9 Å². The Morgan fingerprint density at radius 3 is 1.90 bits per heavy atom. The predicted molar refractivity (Wildman–Crippen MR) is 230 cm³/mol. The molecule has 21 heteroatoms. The van der Waals surface area contributed by atoms with E-state index < -0.39 is 30.0 Å². The van der Waals surface area contributed by atoms with Crippen LogP contribution >= 0.6 is 11.8 Å². The molecule has 9 atom stereocenters. The van der Waals surface area contributed by atoms with E-state index in [1.54, 1.807) is 7.11 Å². The first-order valence-electron chi connectivity index (χ1n) is 22.4. The topological polar surface area (TPSA) is 237 Å². The van der Waals surface area contributed by atoms with Crippen molar-refractivity contribution in [3.63, 3.8) is 0 Å². The van der Waals surface area contributed by atoms with Gasteiger partial charge in [-0.15, -0.1) is 0 Å². The second-order valence-electron chi connectivity index (χ2n) is 16.6. The van der Waals surface area contributed by atoms with Gasteiger partial charge < -0.3 is 78.7 Å². The molecule has 360 valence electrons. The average molecular weight is 918 g/mol. The molecule has 4 saturated heterocycles. The third-order valence-electron chi connectivity index (χ3n) is 11.7. The fourth-order valence-electron chi connectivity index (χ4n) is 8.35. The maximum Gasteiger partial charge on any atom is 0.407 e. The lowest BCUT2D eigenvalue weighted by molar-refractivity contribution is -0.118. The molecule has 0 unspecified atom stereocenters. The number of epoxide rings is 2. The van der Waals surface area contributed by atoms with E-state index in [1.165, 1.54) is 5.57 Å². The SMILES string of the molecule is CO[C@@H]1[C@H](OC(=O)NCCNC(=O)OCCOCCOCCOCCOCCOCCOC(=O)NCCCC[C@@H]2SC[C@@H]3NC(=O)N[C@@H]32)CC[C@]2(CO2)[C@H]1[C@@]1(C)O[C@@H]1CC=C(C)C. The number of amides is 5. The number of urea groups is 1. The number of thioether (sulfide) groups is 1. The summed E-state index contributed by atoms with van der Waals surface area (Å²) in [7, 11) is 1.63. The van der Waals surface area contributed by atoms with E-state index in [2.05, 4.69) is 53.4 Å². The maximum atomic E-state index is 12.7. The van der Waals surface area contributed by atoms with Crippen molar-refractivity contribution < 1.29 is 71.3 Å². The predicted octanol–water partition coefficient (Wildman–Crippen LogP) is 2.66. The maximum absolute atomic E-state index is 12.7. The molecule has 5 rings (SSSR count). The molecule has 4 heterocycles. The second-order valence-corrected chi connectivity index (χ2v) is 17.8. The van der Waals surface area contributed by atoms with E-state index in [0.717, 1.165) is 37.9 Å². The van der Waals surface area contributed by atoms with Crippen LogP contribution in [0.15, 0.2) is 11.6 Å². The van der Waals surface area contributed by atoms with Crippen molar-refractivity contribution in [3.8, 4) is 0 Å². The lowest BCUT2D eigenvalue weighted by atomic mass is 9.68. The van der Waals surface area contributed by atoms with Gasteiger partial charge in [0.05, 0.1) is 96.8 Å². The number of alkyl carbamates (subject to hydrolysis) is 3. The van der Waals surface area contributed by atoms with Crippen LogP contribution in [-0.2, 0) is 52.1 Å². The summed E-state index contributed by atoms with van der Waals surface area (Å²) in [5.41, 5.74) is 0.519. The van der Waals surface area contributed by atoms with Crippen LogP contribution in [0.1, 0.15) is 59.3 Å². The van der Waals surface area contributed by atoms with E-state index in [1.807, 2.05) is 11.8 Å². The quantitative estimate of drug-likeness (QED) is 0.0221. The standard InChI is InChI=1S/C42H71N5O15S/c1-29(2)8-9-33-41(3,62-33)36-35(52-4)31(10-11-42(36)28-60-42)61-40(51)45-14-13-44-39(50)59-26-24-57-22-20-55-18-16-53-15-17-54-19-21-56-23-25-58-38(49)43-12-6-5-7-32-34-30(27-63-32)46-37(48)47-34/h8,30-36H,5-7,9-28H2,1-4H3,(H,43,49)(H,44,50)(H,45,51)(H2,46,47,48)/t30-,31+,32-,33+,34-,35+,36+,41-,42-/m0/s1. The van der Waals surface area contributed by atoms with Gasteiger partial charge in [-0.25, -0.2) is 19.2 Å². The van der Waals surface area contributed by atoms with Gasteiger partial charge in [0.1, 0.15) is 36.6 Å². The highest BCUT2D eigenvalue weighted by Gasteiger charge is 2.72.